The van der Waals surface area contributed by atoms with Crippen molar-refractivity contribution in [2.45, 2.75) is 62.8 Å². The number of ether oxygens (including phenoxy) is 2. The number of esters is 1. The smallest absolute Gasteiger partial charge is 0.314 e. The number of carbonyl (C=O) groups is 1. The lowest BCUT2D eigenvalue weighted by atomic mass is 9.95. The van der Waals surface area contributed by atoms with Gasteiger partial charge in [-0.2, -0.15) is 4.31 Å². The van der Waals surface area contributed by atoms with Crippen molar-refractivity contribution >= 4 is 39.1 Å². The molecule has 0 saturated heterocycles. The van der Waals surface area contributed by atoms with Crippen LogP contribution in [0.15, 0.2) is 52.3 Å². The Balaban J connectivity index is 2.17. The first-order chi connectivity index (χ1) is 17.1. The molecule has 9 heteroatoms. The Morgan fingerprint density at radius 2 is 1.86 bits per heavy atom. The van der Waals surface area contributed by atoms with Gasteiger partial charge in [0.05, 0.1) is 23.1 Å². The molecule has 0 aliphatic carbocycles. The number of thioether (sulfide) groups is 1. The van der Waals surface area contributed by atoms with Gasteiger partial charge in [-0.25, -0.2) is 8.42 Å². The van der Waals surface area contributed by atoms with Crippen molar-refractivity contribution in [3.8, 4) is 5.75 Å². The van der Waals surface area contributed by atoms with E-state index in [-0.39, 0.29) is 23.5 Å². The molecule has 2 aromatic rings. The van der Waals surface area contributed by atoms with Crippen molar-refractivity contribution in [2.75, 3.05) is 38.0 Å². The molecule has 7 nitrogen and oxygen atoms in total. The minimum Gasteiger partial charge on any atom is -0.491 e. The van der Waals surface area contributed by atoms with Crippen LogP contribution < -0.4 is 9.64 Å². The quantitative estimate of drug-likeness (QED) is 0.286. The summed E-state index contributed by atoms with van der Waals surface area (Å²) in [7, 11) is -0.778. The molecule has 0 radical (unpaired) electrons. The number of nitrogens with zero attached hydrogens (tertiary/aromatic N) is 2. The topological polar surface area (TPSA) is 76.1 Å². The molecular formula is C27H38N2O5S2. The van der Waals surface area contributed by atoms with E-state index in [1.807, 2.05) is 43.3 Å². The fourth-order valence-electron chi connectivity index (χ4n) is 4.26. The van der Waals surface area contributed by atoms with Gasteiger partial charge in [0.25, 0.3) is 0 Å². The number of rotatable bonds is 10. The number of carbonyl (C=O) groups excluding carboxylic acids is 1. The summed E-state index contributed by atoms with van der Waals surface area (Å²) in [6.07, 6.45) is 2.71. The Labute approximate surface area is 220 Å². The second-order valence-electron chi connectivity index (χ2n) is 9.63. The predicted molar refractivity (Wildman–Crippen MR) is 146 cm³/mol. The number of para-hydroxylation sites is 1. The van der Waals surface area contributed by atoms with E-state index in [2.05, 4.69) is 11.8 Å². The second-order valence-corrected chi connectivity index (χ2v) is 12.9. The molecule has 0 N–H and O–H groups in total. The molecule has 1 aliphatic rings. The van der Waals surface area contributed by atoms with E-state index in [0.717, 1.165) is 35.6 Å². The number of methoxy groups -OCH3 is 1. The minimum absolute atomic E-state index is 0.0626. The molecule has 0 bridgehead atoms. The van der Waals surface area contributed by atoms with E-state index in [9.17, 15) is 13.2 Å². The molecule has 0 spiro atoms. The van der Waals surface area contributed by atoms with Gasteiger partial charge in [-0.15, -0.1) is 11.8 Å². The van der Waals surface area contributed by atoms with E-state index in [0.29, 0.717) is 18.0 Å². The van der Waals surface area contributed by atoms with Crippen LogP contribution in [0.1, 0.15) is 47.0 Å². The molecule has 0 saturated carbocycles. The summed E-state index contributed by atoms with van der Waals surface area (Å²) < 4.78 is 40.4. The first-order valence-electron chi connectivity index (χ1n) is 12.4. The lowest BCUT2D eigenvalue weighted by molar-refractivity contribution is -0.152. The summed E-state index contributed by atoms with van der Waals surface area (Å²) in [4.78, 5) is 15.3. The summed E-state index contributed by atoms with van der Waals surface area (Å²) >= 11 is 1.58. The van der Waals surface area contributed by atoms with Gasteiger partial charge < -0.3 is 14.4 Å². The number of sulfonamides is 1. The first-order valence-corrected chi connectivity index (χ1v) is 14.8. The van der Waals surface area contributed by atoms with Crippen molar-refractivity contribution in [1.82, 2.24) is 4.31 Å². The maximum atomic E-state index is 13.9. The normalized spacial score (nSPS) is 17.8. The lowest BCUT2D eigenvalue weighted by Crippen LogP contribution is -2.40. The molecule has 1 aliphatic heterocycles. The van der Waals surface area contributed by atoms with Gasteiger partial charge in [0.15, 0.2) is 0 Å². The SMILES string of the molecule is CCCCC1CN(c2ccccc2)c2cc(SCC)c(OCC(C)(C)C(=O)OC)cc2S(=O)(=O)N1C. The molecule has 1 unspecified atom stereocenters. The Morgan fingerprint density at radius 1 is 1.17 bits per heavy atom. The van der Waals surface area contributed by atoms with Gasteiger partial charge in [0, 0.05) is 31.4 Å². The third-order valence-corrected chi connectivity index (χ3v) is 9.32. The summed E-state index contributed by atoms with van der Waals surface area (Å²) in [5.74, 6) is 0.852. The van der Waals surface area contributed by atoms with Gasteiger partial charge in [0.1, 0.15) is 17.3 Å². The zero-order valence-corrected chi connectivity index (χ0v) is 23.7. The Kier molecular flexibility index (Phi) is 9.35. The third kappa shape index (κ3) is 6.01. The average molecular weight is 535 g/mol. The van der Waals surface area contributed by atoms with Gasteiger partial charge in [-0.1, -0.05) is 44.9 Å². The number of hydrogen-bond donors (Lipinski definition) is 0. The van der Waals surface area contributed by atoms with Crippen LogP contribution in [0.5, 0.6) is 5.75 Å². The Bertz CT molecular complexity index is 1150. The molecule has 2 aromatic carbocycles. The van der Waals surface area contributed by atoms with Crippen LogP contribution >= 0.6 is 11.8 Å². The number of fused-ring (bicyclic) bond motifs is 1. The standard InChI is InChI=1S/C27H38N2O5S2/c1-7-9-13-21-18-29(20-14-11-10-12-15-20)22-16-24(35-8-2)23(17-25(22)36(31,32)28(21)5)34-19-27(3,4)26(30)33-6/h10-12,14-17,21H,7-9,13,18-19H2,1-6H3. The molecule has 3 rings (SSSR count). The summed E-state index contributed by atoms with van der Waals surface area (Å²) in [6.45, 7) is 8.26. The number of likely N-dealkylation sites (N-methyl/N-ethyl adjacent to an activating group) is 1. The highest BCUT2D eigenvalue weighted by molar-refractivity contribution is 7.99. The van der Waals surface area contributed by atoms with E-state index < -0.39 is 15.4 Å². The molecule has 36 heavy (non-hydrogen) atoms. The van der Waals surface area contributed by atoms with Crippen LogP contribution in [0, 0.1) is 5.41 Å². The maximum Gasteiger partial charge on any atom is 0.314 e. The van der Waals surface area contributed by atoms with Gasteiger partial charge in [0.2, 0.25) is 10.0 Å². The zero-order valence-electron chi connectivity index (χ0n) is 22.1. The average Bonchev–Trinajstić information content (AvgIpc) is 2.94. The Morgan fingerprint density at radius 3 is 2.47 bits per heavy atom. The third-order valence-electron chi connectivity index (χ3n) is 6.47. The van der Waals surface area contributed by atoms with E-state index in [4.69, 9.17) is 9.47 Å². The number of unbranched alkanes of at least 4 members (excludes halogenated alkanes) is 1. The highest BCUT2D eigenvalue weighted by Crippen LogP contribution is 2.44. The number of anilines is 2. The van der Waals surface area contributed by atoms with Crippen molar-refractivity contribution in [2.24, 2.45) is 5.41 Å². The largest absolute Gasteiger partial charge is 0.491 e. The minimum atomic E-state index is -3.80. The monoisotopic (exact) mass is 534 g/mol. The van der Waals surface area contributed by atoms with Gasteiger partial charge in [-0.05, 0) is 44.2 Å². The van der Waals surface area contributed by atoms with Crippen molar-refractivity contribution in [1.29, 1.82) is 0 Å². The maximum absolute atomic E-state index is 13.9. The number of hydrogen-bond acceptors (Lipinski definition) is 7. The first kappa shape index (κ1) is 28.3. The van der Waals surface area contributed by atoms with Crippen LogP contribution in [0.3, 0.4) is 0 Å². The van der Waals surface area contributed by atoms with Crippen molar-refractivity contribution in [3.05, 3.63) is 42.5 Å². The molecule has 1 heterocycles. The van der Waals surface area contributed by atoms with Crippen molar-refractivity contribution < 1.29 is 22.7 Å². The molecule has 1 atom stereocenters. The highest BCUT2D eigenvalue weighted by atomic mass is 32.2. The van der Waals surface area contributed by atoms with Crippen molar-refractivity contribution in [3.63, 3.8) is 0 Å². The summed E-state index contributed by atoms with van der Waals surface area (Å²) in [5.41, 5.74) is 0.702. The van der Waals surface area contributed by atoms with Crippen LogP contribution in [0.25, 0.3) is 0 Å². The Hall–Kier alpha value is -2.23. The van der Waals surface area contributed by atoms with Crippen LogP contribution in [-0.2, 0) is 19.6 Å². The zero-order chi connectivity index (χ0) is 26.5. The highest BCUT2D eigenvalue weighted by Gasteiger charge is 2.38. The lowest BCUT2D eigenvalue weighted by Gasteiger charge is -2.30. The summed E-state index contributed by atoms with van der Waals surface area (Å²) in [5, 5.41) is 0. The summed E-state index contributed by atoms with van der Waals surface area (Å²) in [6, 6.07) is 13.3. The predicted octanol–water partition coefficient (Wildman–Crippen LogP) is 5.71. The molecule has 0 fully saturated rings. The fourth-order valence-corrected chi connectivity index (χ4v) is 6.59. The van der Waals surface area contributed by atoms with Crippen LogP contribution in [0.4, 0.5) is 11.4 Å². The van der Waals surface area contributed by atoms with E-state index in [1.54, 1.807) is 38.7 Å². The van der Waals surface area contributed by atoms with Gasteiger partial charge >= 0.3 is 5.97 Å². The molecule has 0 aromatic heterocycles. The van der Waals surface area contributed by atoms with Crippen LogP contribution in [-0.4, -0.2) is 57.8 Å². The van der Waals surface area contributed by atoms with E-state index in [1.165, 1.54) is 11.4 Å². The fraction of sp³-hybridized carbons (Fsp3) is 0.519. The number of benzene rings is 2. The second kappa shape index (κ2) is 11.9. The molecule has 0 amide bonds. The van der Waals surface area contributed by atoms with Crippen LogP contribution in [0.2, 0.25) is 0 Å². The molecular weight excluding hydrogens is 496 g/mol. The van der Waals surface area contributed by atoms with Gasteiger partial charge in [-0.3, -0.25) is 4.79 Å². The van der Waals surface area contributed by atoms with E-state index >= 15 is 0 Å². The molecule has 198 valence electrons.